The average molecular weight is 188 g/mol. The van der Waals surface area contributed by atoms with E-state index in [1.165, 1.54) is 11.4 Å². The molecule has 2 heteroatoms. The standard InChI is InChI=1S/C12H16N2/c1-9(2)7-11-8-14-10(3)5-4-6-12(14)13-11/h4-6,8-9H,7H2,1-3H3. The molecule has 2 nitrogen and oxygen atoms in total. The number of rotatable bonds is 2. The van der Waals surface area contributed by atoms with Gasteiger partial charge in [0.05, 0.1) is 5.69 Å². The van der Waals surface area contributed by atoms with E-state index >= 15 is 0 Å². The van der Waals surface area contributed by atoms with Crippen molar-refractivity contribution in [2.75, 3.05) is 0 Å². The van der Waals surface area contributed by atoms with Crippen molar-refractivity contribution < 1.29 is 0 Å². The van der Waals surface area contributed by atoms with E-state index in [9.17, 15) is 0 Å². The molecule has 0 amide bonds. The Morgan fingerprint density at radius 1 is 1.36 bits per heavy atom. The van der Waals surface area contributed by atoms with Crippen molar-refractivity contribution >= 4 is 5.65 Å². The van der Waals surface area contributed by atoms with Crippen molar-refractivity contribution in [1.82, 2.24) is 9.38 Å². The summed E-state index contributed by atoms with van der Waals surface area (Å²) in [5.41, 5.74) is 3.49. The Bertz CT molecular complexity index is 441. The van der Waals surface area contributed by atoms with Crippen LogP contribution in [-0.4, -0.2) is 9.38 Å². The Kier molecular flexibility index (Phi) is 2.28. The second-order valence-electron chi connectivity index (χ2n) is 4.23. The third-order valence-corrected chi connectivity index (χ3v) is 2.36. The van der Waals surface area contributed by atoms with E-state index in [0.29, 0.717) is 5.92 Å². The lowest BCUT2D eigenvalue weighted by Gasteiger charge is -1.98. The average Bonchev–Trinajstić information content (AvgIpc) is 2.47. The van der Waals surface area contributed by atoms with E-state index < -0.39 is 0 Å². The van der Waals surface area contributed by atoms with Gasteiger partial charge in [0, 0.05) is 11.9 Å². The molecular weight excluding hydrogens is 172 g/mol. The third kappa shape index (κ3) is 1.65. The van der Waals surface area contributed by atoms with Gasteiger partial charge in [-0.05, 0) is 31.4 Å². The van der Waals surface area contributed by atoms with Gasteiger partial charge >= 0.3 is 0 Å². The Morgan fingerprint density at radius 2 is 2.14 bits per heavy atom. The van der Waals surface area contributed by atoms with Gasteiger partial charge in [-0.15, -0.1) is 0 Å². The van der Waals surface area contributed by atoms with Crippen LogP contribution in [0.5, 0.6) is 0 Å². The molecule has 0 atom stereocenters. The normalized spacial score (nSPS) is 11.4. The number of hydrogen-bond acceptors (Lipinski definition) is 1. The zero-order valence-corrected chi connectivity index (χ0v) is 8.99. The van der Waals surface area contributed by atoms with E-state index in [0.717, 1.165) is 12.1 Å². The van der Waals surface area contributed by atoms with E-state index in [4.69, 9.17) is 0 Å². The first-order valence-corrected chi connectivity index (χ1v) is 5.10. The summed E-state index contributed by atoms with van der Waals surface area (Å²) in [6.45, 7) is 6.54. The zero-order valence-electron chi connectivity index (χ0n) is 8.99. The monoisotopic (exact) mass is 188 g/mol. The zero-order chi connectivity index (χ0) is 10.1. The van der Waals surface area contributed by atoms with Crippen LogP contribution in [0.25, 0.3) is 5.65 Å². The molecule has 0 saturated carbocycles. The number of aromatic nitrogens is 2. The van der Waals surface area contributed by atoms with Crippen molar-refractivity contribution in [2.24, 2.45) is 5.92 Å². The van der Waals surface area contributed by atoms with Gasteiger partial charge in [0.2, 0.25) is 0 Å². The second-order valence-corrected chi connectivity index (χ2v) is 4.23. The fraction of sp³-hybridized carbons (Fsp3) is 0.417. The predicted octanol–water partition coefficient (Wildman–Crippen LogP) is 2.84. The molecule has 0 bridgehead atoms. The Hall–Kier alpha value is -1.31. The maximum atomic E-state index is 4.58. The maximum Gasteiger partial charge on any atom is 0.137 e. The molecule has 0 aliphatic carbocycles. The molecule has 0 aliphatic heterocycles. The van der Waals surface area contributed by atoms with Crippen molar-refractivity contribution in [3.05, 3.63) is 35.8 Å². The summed E-state index contributed by atoms with van der Waals surface area (Å²) in [5, 5.41) is 0. The molecule has 2 aromatic rings. The number of hydrogen-bond donors (Lipinski definition) is 0. The van der Waals surface area contributed by atoms with Crippen molar-refractivity contribution in [3.63, 3.8) is 0 Å². The van der Waals surface area contributed by atoms with Gasteiger partial charge in [0.15, 0.2) is 0 Å². The minimum atomic E-state index is 0.667. The summed E-state index contributed by atoms with van der Waals surface area (Å²) in [5.74, 6) is 0.667. The van der Waals surface area contributed by atoms with E-state index in [-0.39, 0.29) is 0 Å². The predicted molar refractivity (Wildman–Crippen MR) is 58.5 cm³/mol. The SMILES string of the molecule is Cc1cccc2nc(CC(C)C)cn12. The van der Waals surface area contributed by atoms with Crippen molar-refractivity contribution in [3.8, 4) is 0 Å². The molecule has 74 valence electrons. The lowest BCUT2D eigenvalue weighted by atomic mass is 10.1. The highest BCUT2D eigenvalue weighted by Crippen LogP contribution is 2.11. The Labute approximate surface area is 84.6 Å². The van der Waals surface area contributed by atoms with Crippen LogP contribution in [0.15, 0.2) is 24.4 Å². The summed E-state index contributed by atoms with van der Waals surface area (Å²) in [7, 11) is 0. The van der Waals surface area contributed by atoms with Crippen LogP contribution in [-0.2, 0) is 6.42 Å². The summed E-state index contributed by atoms with van der Waals surface area (Å²) in [6.07, 6.45) is 3.20. The molecule has 0 saturated heterocycles. The molecule has 0 radical (unpaired) electrons. The number of nitrogens with zero attached hydrogens (tertiary/aromatic N) is 2. The lowest BCUT2D eigenvalue weighted by Crippen LogP contribution is -1.93. The maximum absolute atomic E-state index is 4.58. The molecule has 0 aliphatic rings. The van der Waals surface area contributed by atoms with Gasteiger partial charge in [-0.25, -0.2) is 4.98 Å². The number of pyridine rings is 1. The number of aryl methyl sites for hydroxylation is 1. The molecule has 14 heavy (non-hydrogen) atoms. The summed E-state index contributed by atoms with van der Waals surface area (Å²) >= 11 is 0. The molecule has 0 aromatic carbocycles. The molecular formula is C12H16N2. The van der Waals surface area contributed by atoms with Gasteiger partial charge in [0.1, 0.15) is 5.65 Å². The fourth-order valence-electron chi connectivity index (χ4n) is 1.72. The van der Waals surface area contributed by atoms with Crippen LogP contribution >= 0.6 is 0 Å². The molecule has 0 fully saturated rings. The highest BCUT2D eigenvalue weighted by Gasteiger charge is 2.04. The van der Waals surface area contributed by atoms with Crippen LogP contribution < -0.4 is 0 Å². The van der Waals surface area contributed by atoms with Crippen LogP contribution in [0.1, 0.15) is 25.2 Å². The van der Waals surface area contributed by atoms with Crippen molar-refractivity contribution in [1.29, 1.82) is 0 Å². The fourth-order valence-corrected chi connectivity index (χ4v) is 1.72. The molecule has 2 aromatic heterocycles. The van der Waals surface area contributed by atoms with Crippen LogP contribution in [0.4, 0.5) is 0 Å². The summed E-state index contributed by atoms with van der Waals surface area (Å²) in [6, 6.07) is 6.21. The van der Waals surface area contributed by atoms with E-state index in [1.807, 2.05) is 0 Å². The lowest BCUT2D eigenvalue weighted by molar-refractivity contribution is 0.638. The first-order valence-electron chi connectivity index (χ1n) is 5.10. The highest BCUT2D eigenvalue weighted by atomic mass is 15.0. The Morgan fingerprint density at radius 3 is 2.79 bits per heavy atom. The quantitative estimate of drug-likeness (QED) is 0.708. The first kappa shape index (κ1) is 9.25. The molecule has 0 spiro atoms. The van der Waals surface area contributed by atoms with Crippen molar-refractivity contribution in [2.45, 2.75) is 27.2 Å². The first-order chi connectivity index (χ1) is 6.66. The minimum Gasteiger partial charge on any atom is -0.304 e. The summed E-state index contributed by atoms with van der Waals surface area (Å²) < 4.78 is 2.15. The van der Waals surface area contributed by atoms with E-state index in [2.05, 4.69) is 54.6 Å². The van der Waals surface area contributed by atoms with E-state index in [1.54, 1.807) is 0 Å². The molecule has 2 heterocycles. The van der Waals surface area contributed by atoms with Crippen LogP contribution in [0.2, 0.25) is 0 Å². The van der Waals surface area contributed by atoms with Crippen LogP contribution in [0, 0.1) is 12.8 Å². The van der Waals surface area contributed by atoms with Gasteiger partial charge in [-0.3, -0.25) is 0 Å². The minimum absolute atomic E-state index is 0.667. The van der Waals surface area contributed by atoms with Gasteiger partial charge < -0.3 is 4.40 Å². The van der Waals surface area contributed by atoms with Gasteiger partial charge in [0.25, 0.3) is 0 Å². The summed E-state index contributed by atoms with van der Waals surface area (Å²) in [4.78, 5) is 4.58. The third-order valence-electron chi connectivity index (χ3n) is 2.36. The largest absolute Gasteiger partial charge is 0.304 e. The highest BCUT2D eigenvalue weighted by molar-refractivity contribution is 5.41. The molecule has 2 rings (SSSR count). The topological polar surface area (TPSA) is 17.3 Å². The molecule has 0 unspecified atom stereocenters. The second kappa shape index (κ2) is 3.45. The number of fused-ring (bicyclic) bond motifs is 1. The smallest absolute Gasteiger partial charge is 0.137 e. The van der Waals surface area contributed by atoms with Gasteiger partial charge in [-0.1, -0.05) is 19.9 Å². The van der Waals surface area contributed by atoms with Crippen LogP contribution in [0.3, 0.4) is 0 Å². The molecule has 0 N–H and O–H groups in total. The number of imidazole rings is 1. The van der Waals surface area contributed by atoms with Gasteiger partial charge in [-0.2, -0.15) is 0 Å². The Balaban J connectivity index is 2.46.